The molecule has 20 heavy (non-hydrogen) atoms. The van der Waals surface area contributed by atoms with Gasteiger partial charge in [-0.05, 0) is 33.2 Å². The van der Waals surface area contributed by atoms with Gasteiger partial charge in [-0.15, -0.1) is 0 Å². The lowest BCUT2D eigenvalue weighted by atomic mass is 10.1. The zero-order chi connectivity index (χ0) is 15.2. The van der Waals surface area contributed by atoms with Gasteiger partial charge in [0.25, 0.3) is 0 Å². The lowest BCUT2D eigenvalue weighted by molar-refractivity contribution is 0.0364. The molecule has 0 saturated heterocycles. The maximum atomic E-state index is 11.8. The SMILES string of the molecule is COc1ccccc1NC(=O)NCC(C)(O)CN(C)C. The Bertz CT molecular complexity index is 447. The van der Waals surface area contributed by atoms with Crippen molar-refractivity contribution in [1.29, 1.82) is 0 Å². The molecule has 112 valence electrons. The molecule has 0 aliphatic heterocycles. The Morgan fingerprint density at radius 2 is 2.05 bits per heavy atom. The number of carbonyl (C=O) groups excluding carboxylic acids is 1. The molecule has 1 rings (SSSR count). The summed E-state index contributed by atoms with van der Waals surface area (Å²) in [5.41, 5.74) is -0.401. The molecule has 2 amide bonds. The maximum Gasteiger partial charge on any atom is 0.319 e. The Morgan fingerprint density at radius 3 is 2.65 bits per heavy atom. The van der Waals surface area contributed by atoms with E-state index in [1.165, 1.54) is 0 Å². The van der Waals surface area contributed by atoms with E-state index in [-0.39, 0.29) is 12.6 Å². The van der Waals surface area contributed by atoms with E-state index in [1.54, 1.807) is 32.2 Å². The number of hydrogen-bond acceptors (Lipinski definition) is 4. The number of aliphatic hydroxyl groups is 1. The molecule has 1 unspecified atom stereocenters. The first-order valence-corrected chi connectivity index (χ1v) is 6.39. The van der Waals surface area contributed by atoms with Gasteiger partial charge in [0.15, 0.2) is 0 Å². The molecule has 0 fully saturated rings. The first kappa shape index (κ1) is 16.3. The second-order valence-corrected chi connectivity index (χ2v) is 5.24. The molecule has 1 atom stereocenters. The summed E-state index contributed by atoms with van der Waals surface area (Å²) in [4.78, 5) is 13.7. The number of carbonyl (C=O) groups is 1. The van der Waals surface area contributed by atoms with Crippen molar-refractivity contribution in [3.8, 4) is 5.75 Å². The highest BCUT2D eigenvalue weighted by Gasteiger charge is 2.22. The predicted molar refractivity (Wildman–Crippen MR) is 79.2 cm³/mol. The van der Waals surface area contributed by atoms with E-state index in [0.29, 0.717) is 18.0 Å². The van der Waals surface area contributed by atoms with Crippen LogP contribution < -0.4 is 15.4 Å². The molecular formula is C14H23N3O3. The number of benzene rings is 1. The quantitative estimate of drug-likeness (QED) is 0.731. The Labute approximate surface area is 119 Å². The summed E-state index contributed by atoms with van der Waals surface area (Å²) < 4.78 is 5.15. The number of urea groups is 1. The smallest absolute Gasteiger partial charge is 0.319 e. The number of anilines is 1. The molecular weight excluding hydrogens is 258 g/mol. The van der Waals surface area contributed by atoms with Crippen LogP contribution in [0.4, 0.5) is 10.5 Å². The average molecular weight is 281 g/mol. The number of rotatable bonds is 6. The monoisotopic (exact) mass is 281 g/mol. The number of methoxy groups -OCH3 is 1. The fourth-order valence-corrected chi connectivity index (χ4v) is 1.92. The highest BCUT2D eigenvalue weighted by molar-refractivity contribution is 5.90. The van der Waals surface area contributed by atoms with E-state index >= 15 is 0 Å². The van der Waals surface area contributed by atoms with Crippen molar-refractivity contribution in [2.75, 3.05) is 39.6 Å². The van der Waals surface area contributed by atoms with Crippen LogP contribution in [0.5, 0.6) is 5.75 Å². The minimum Gasteiger partial charge on any atom is -0.495 e. The normalized spacial score (nSPS) is 13.7. The zero-order valence-electron chi connectivity index (χ0n) is 12.4. The predicted octanol–water partition coefficient (Wildman–Crippen LogP) is 1.13. The first-order chi connectivity index (χ1) is 9.34. The number of hydrogen-bond donors (Lipinski definition) is 3. The summed E-state index contributed by atoms with van der Waals surface area (Å²) in [7, 11) is 5.27. The van der Waals surface area contributed by atoms with Crippen LogP contribution in [0.25, 0.3) is 0 Å². The molecule has 0 aliphatic rings. The first-order valence-electron chi connectivity index (χ1n) is 6.39. The molecule has 0 aliphatic carbocycles. The van der Waals surface area contributed by atoms with Crippen molar-refractivity contribution < 1.29 is 14.6 Å². The van der Waals surface area contributed by atoms with Crippen molar-refractivity contribution in [3.63, 3.8) is 0 Å². The summed E-state index contributed by atoms with van der Waals surface area (Å²) in [5, 5.41) is 15.4. The number of likely N-dealkylation sites (N-methyl/N-ethyl adjacent to an activating group) is 1. The standard InChI is InChI=1S/C14H23N3O3/c1-14(19,10-17(2)3)9-15-13(18)16-11-7-5-6-8-12(11)20-4/h5-8,19H,9-10H2,1-4H3,(H2,15,16,18). The number of nitrogens with zero attached hydrogens (tertiary/aromatic N) is 1. The molecule has 1 aromatic carbocycles. The van der Waals surface area contributed by atoms with Gasteiger partial charge in [0.2, 0.25) is 0 Å². The van der Waals surface area contributed by atoms with E-state index < -0.39 is 5.60 Å². The van der Waals surface area contributed by atoms with Gasteiger partial charge < -0.3 is 25.4 Å². The topological polar surface area (TPSA) is 73.8 Å². The van der Waals surface area contributed by atoms with Gasteiger partial charge in [-0.25, -0.2) is 4.79 Å². The number of para-hydroxylation sites is 2. The highest BCUT2D eigenvalue weighted by atomic mass is 16.5. The van der Waals surface area contributed by atoms with Crippen molar-refractivity contribution in [2.45, 2.75) is 12.5 Å². The molecule has 6 nitrogen and oxygen atoms in total. The van der Waals surface area contributed by atoms with Gasteiger partial charge >= 0.3 is 6.03 Å². The molecule has 0 heterocycles. The van der Waals surface area contributed by atoms with Crippen LogP contribution in [-0.4, -0.2) is 55.9 Å². The van der Waals surface area contributed by atoms with Gasteiger partial charge in [-0.1, -0.05) is 12.1 Å². The third kappa shape index (κ3) is 5.46. The lowest BCUT2D eigenvalue weighted by Crippen LogP contribution is -2.48. The summed E-state index contributed by atoms with van der Waals surface area (Å²) in [6.07, 6.45) is 0. The van der Waals surface area contributed by atoms with Crippen molar-refractivity contribution in [1.82, 2.24) is 10.2 Å². The molecule has 3 N–H and O–H groups in total. The summed E-state index contributed by atoms with van der Waals surface area (Å²) in [6, 6.07) is 6.76. The van der Waals surface area contributed by atoms with Gasteiger partial charge in [-0.2, -0.15) is 0 Å². The number of ether oxygens (including phenoxy) is 1. The Hall–Kier alpha value is -1.79. The Kier molecular flexibility index (Phi) is 5.79. The van der Waals surface area contributed by atoms with Crippen LogP contribution in [0.2, 0.25) is 0 Å². The maximum absolute atomic E-state index is 11.8. The number of amides is 2. The van der Waals surface area contributed by atoms with Gasteiger partial charge in [0.05, 0.1) is 18.4 Å². The minimum atomic E-state index is -0.985. The summed E-state index contributed by atoms with van der Waals surface area (Å²) in [6.45, 7) is 2.30. The molecule has 0 saturated carbocycles. The van der Waals surface area contributed by atoms with E-state index in [9.17, 15) is 9.90 Å². The van der Waals surface area contributed by atoms with Gasteiger partial charge in [0.1, 0.15) is 5.75 Å². The number of nitrogens with one attached hydrogen (secondary N) is 2. The van der Waals surface area contributed by atoms with Crippen molar-refractivity contribution >= 4 is 11.7 Å². The van der Waals surface area contributed by atoms with E-state index in [4.69, 9.17) is 4.74 Å². The Balaban J connectivity index is 2.52. The highest BCUT2D eigenvalue weighted by Crippen LogP contribution is 2.22. The van der Waals surface area contributed by atoms with Gasteiger partial charge in [0, 0.05) is 13.1 Å². The van der Waals surface area contributed by atoms with E-state index in [1.807, 2.05) is 25.1 Å². The lowest BCUT2D eigenvalue weighted by Gasteiger charge is -2.27. The third-order valence-electron chi connectivity index (χ3n) is 2.64. The zero-order valence-corrected chi connectivity index (χ0v) is 12.4. The molecule has 0 bridgehead atoms. The largest absolute Gasteiger partial charge is 0.495 e. The van der Waals surface area contributed by atoms with Crippen LogP contribution in [-0.2, 0) is 0 Å². The van der Waals surface area contributed by atoms with Crippen LogP contribution >= 0.6 is 0 Å². The fraction of sp³-hybridized carbons (Fsp3) is 0.500. The van der Waals surface area contributed by atoms with E-state index in [0.717, 1.165) is 0 Å². The van der Waals surface area contributed by atoms with Crippen LogP contribution in [0.1, 0.15) is 6.92 Å². The average Bonchev–Trinajstić information content (AvgIpc) is 2.36. The Morgan fingerprint density at radius 1 is 1.40 bits per heavy atom. The summed E-state index contributed by atoms with van der Waals surface area (Å²) in [5.74, 6) is 0.586. The van der Waals surface area contributed by atoms with Crippen LogP contribution in [0.15, 0.2) is 24.3 Å². The second kappa shape index (κ2) is 7.12. The van der Waals surface area contributed by atoms with E-state index in [2.05, 4.69) is 10.6 Å². The molecule has 0 aromatic heterocycles. The van der Waals surface area contributed by atoms with Crippen LogP contribution in [0, 0.1) is 0 Å². The van der Waals surface area contributed by atoms with Gasteiger partial charge in [-0.3, -0.25) is 0 Å². The van der Waals surface area contributed by atoms with Crippen molar-refractivity contribution in [3.05, 3.63) is 24.3 Å². The second-order valence-electron chi connectivity index (χ2n) is 5.24. The molecule has 1 aromatic rings. The molecule has 0 spiro atoms. The fourth-order valence-electron chi connectivity index (χ4n) is 1.92. The van der Waals surface area contributed by atoms with Crippen molar-refractivity contribution in [2.24, 2.45) is 0 Å². The summed E-state index contributed by atoms with van der Waals surface area (Å²) >= 11 is 0. The van der Waals surface area contributed by atoms with Crippen LogP contribution in [0.3, 0.4) is 0 Å². The minimum absolute atomic E-state index is 0.159. The third-order valence-corrected chi connectivity index (χ3v) is 2.64. The molecule has 6 heteroatoms. The molecule has 0 radical (unpaired) electrons.